The van der Waals surface area contributed by atoms with Crippen molar-refractivity contribution in [2.75, 3.05) is 5.75 Å². The van der Waals surface area contributed by atoms with E-state index in [4.69, 9.17) is 0 Å². The van der Waals surface area contributed by atoms with Crippen LogP contribution in [0.2, 0.25) is 0 Å². The smallest absolute Gasteiger partial charge is 0.246 e. The molecule has 0 radical (unpaired) electrons. The maximum atomic E-state index is 12.4. The second-order valence-corrected chi connectivity index (χ2v) is 3.38. The summed E-state index contributed by atoms with van der Waals surface area (Å²) in [6.07, 6.45) is -6.84. The fourth-order valence-corrected chi connectivity index (χ4v) is 2.02. The van der Waals surface area contributed by atoms with Gasteiger partial charge in [-0.3, -0.25) is 0 Å². The molecule has 11 heavy (non-hydrogen) atoms. The highest BCUT2D eigenvalue weighted by Gasteiger charge is 2.54. The summed E-state index contributed by atoms with van der Waals surface area (Å²) in [5.41, 5.74) is -2.13. The molecule has 1 fully saturated rings. The van der Waals surface area contributed by atoms with Crippen LogP contribution in [0, 0.1) is 5.92 Å². The molecule has 0 saturated carbocycles. The Hall–Kier alpha value is -0.0000000000000000555. The van der Waals surface area contributed by atoms with Gasteiger partial charge in [-0.2, -0.15) is 13.2 Å². The zero-order valence-corrected chi connectivity index (χ0v) is 6.05. The Kier molecular flexibility index (Phi) is 2.32. The Morgan fingerprint density at radius 2 is 1.73 bits per heavy atom. The van der Waals surface area contributed by atoms with Gasteiger partial charge < -0.3 is 0 Å². The van der Waals surface area contributed by atoms with E-state index in [1.807, 2.05) is 0 Å². The molecule has 0 spiro atoms. The van der Waals surface area contributed by atoms with Crippen molar-refractivity contribution in [3.63, 3.8) is 0 Å². The SMILES string of the molecule is FC1CSC(F)C1C(F)(F)F. The number of hydrogen-bond acceptors (Lipinski definition) is 1. The molecule has 1 saturated heterocycles. The van der Waals surface area contributed by atoms with Crippen molar-refractivity contribution in [3.05, 3.63) is 0 Å². The average Bonchev–Trinajstić information content (AvgIpc) is 2.08. The predicted octanol–water partition coefficient (Wildman–Crippen LogP) is 2.55. The van der Waals surface area contributed by atoms with Gasteiger partial charge in [0, 0.05) is 5.75 Å². The van der Waals surface area contributed by atoms with E-state index in [1.165, 1.54) is 0 Å². The quantitative estimate of drug-likeness (QED) is 0.531. The highest BCUT2D eigenvalue weighted by atomic mass is 32.2. The van der Waals surface area contributed by atoms with E-state index in [-0.39, 0.29) is 0 Å². The molecule has 0 N–H and O–H groups in total. The van der Waals surface area contributed by atoms with Gasteiger partial charge in [-0.25, -0.2) is 8.78 Å². The van der Waals surface area contributed by atoms with Crippen molar-refractivity contribution in [2.45, 2.75) is 17.9 Å². The van der Waals surface area contributed by atoms with Gasteiger partial charge in [0.25, 0.3) is 0 Å². The molecular weight excluding hydrogens is 187 g/mol. The van der Waals surface area contributed by atoms with E-state index < -0.39 is 29.5 Å². The lowest BCUT2D eigenvalue weighted by Gasteiger charge is -2.17. The monoisotopic (exact) mass is 192 g/mol. The molecule has 6 heteroatoms. The summed E-state index contributed by atoms with van der Waals surface area (Å²) in [5.74, 6) is -2.82. The van der Waals surface area contributed by atoms with E-state index in [1.54, 1.807) is 0 Å². The molecule has 3 atom stereocenters. The summed E-state index contributed by atoms with van der Waals surface area (Å²) < 4.78 is 60.0. The van der Waals surface area contributed by atoms with Crippen molar-refractivity contribution < 1.29 is 22.0 Å². The summed E-state index contributed by atoms with van der Waals surface area (Å²) in [4.78, 5) is 0. The van der Waals surface area contributed by atoms with Crippen molar-refractivity contribution in [3.8, 4) is 0 Å². The number of rotatable bonds is 0. The van der Waals surface area contributed by atoms with Gasteiger partial charge in [0.15, 0.2) is 5.50 Å². The van der Waals surface area contributed by atoms with E-state index in [0.29, 0.717) is 11.8 Å². The standard InChI is InChI=1S/C5H5F5S/c6-2-1-11-4(7)3(2)5(8,9)10/h2-4H,1H2. The van der Waals surface area contributed by atoms with Gasteiger partial charge in [0.05, 0.1) is 0 Å². The van der Waals surface area contributed by atoms with Crippen molar-refractivity contribution in [2.24, 2.45) is 5.92 Å². The first-order chi connectivity index (χ1) is 4.93. The second kappa shape index (κ2) is 2.80. The number of alkyl halides is 5. The third kappa shape index (κ3) is 1.77. The summed E-state index contributed by atoms with van der Waals surface area (Å²) in [6, 6.07) is 0. The minimum absolute atomic E-state index is 0.379. The van der Waals surface area contributed by atoms with E-state index >= 15 is 0 Å². The Bertz CT molecular complexity index is 134. The summed E-state index contributed by atoms with van der Waals surface area (Å²) >= 11 is 0.379. The first-order valence-corrected chi connectivity index (χ1v) is 3.94. The molecule has 0 aromatic carbocycles. The molecule has 0 nitrogen and oxygen atoms in total. The number of hydrogen-bond donors (Lipinski definition) is 0. The lowest BCUT2D eigenvalue weighted by molar-refractivity contribution is -0.193. The molecule has 0 bridgehead atoms. The van der Waals surface area contributed by atoms with Gasteiger partial charge in [0.1, 0.15) is 12.1 Å². The molecule has 1 aliphatic rings. The molecule has 0 amide bonds. The van der Waals surface area contributed by atoms with Crippen LogP contribution in [0.15, 0.2) is 0 Å². The van der Waals surface area contributed by atoms with Crippen LogP contribution >= 0.6 is 11.8 Å². The van der Waals surface area contributed by atoms with E-state index in [0.717, 1.165) is 0 Å². The van der Waals surface area contributed by atoms with Crippen molar-refractivity contribution in [1.29, 1.82) is 0 Å². The maximum absolute atomic E-state index is 12.4. The fourth-order valence-electron chi connectivity index (χ4n) is 0.909. The normalized spacial score (nSPS) is 39.5. The molecule has 66 valence electrons. The molecule has 1 rings (SSSR count). The molecular formula is C5H5F5S. The van der Waals surface area contributed by atoms with Crippen LogP contribution in [0.1, 0.15) is 0 Å². The Morgan fingerprint density at radius 1 is 1.18 bits per heavy atom. The first-order valence-electron chi connectivity index (χ1n) is 2.89. The average molecular weight is 192 g/mol. The van der Waals surface area contributed by atoms with Gasteiger partial charge in [0.2, 0.25) is 0 Å². The topological polar surface area (TPSA) is 0 Å². The van der Waals surface area contributed by atoms with Crippen LogP contribution in [0.3, 0.4) is 0 Å². The van der Waals surface area contributed by atoms with Gasteiger partial charge in [-0.1, -0.05) is 0 Å². The first kappa shape index (κ1) is 9.09. The van der Waals surface area contributed by atoms with Crippen molar-refractivity contribution >= 4 is 11.8 Å². The highest BCUT2D eigenvalue weighted by Crippen LogP contribution is 2.44. The fraction of sp³-hybridized carbons (Fsp3) is 1.00. The minimum atomic E-state index is -4.75. The third-order valence-corrected chi connectivity index (χ3v) is 2.59. The molecule has 1 heterocycles. The van der Waals surface area contributed by atoms with E-state index in [2.05, 4.69) is 0 Å². The van der Waals surface area contributed by atoms with Crippen LogP contribution in [0.4, 0.5) is 22.0 Å². The second-order valence-electron chi connectivity index (χ2n) is 2.27. The van der Waals surface area contributed by atoms with Gasteiger partial charge in [-0.05, 0) is 0 Å². The highest BCUT2D eigenvalue weighted by molar-refractivity contribution is 8.00. The minimum Gasteiger partial charge on any atom is -0.246 e. The zero-order chi connectivity index (χ0) is 8.65. The van der Waals surface area contributed by atoms with Gasteiger partial charge >= 0.3 is 6.18 Å². The lowest BCUT2D eigenvalue weighted by atomic mass is 10.1. The van der Waals surface area contributed by atoms with Crippen LogP contribution < -0.4 is 0 Å². The summed E-state index contributed by atoms with van der Waals surface area (Å²) in [6.45, 7) is 0. The summed E-state index contributed by atoms with van der Waals surface area (Å²) in [5, 5.41) is 0. The predicted molar refractivity (Wildman–Crippen MR) is 31.8 cm³/mol. The molecule has 0 aromatic rings. The Balaban J connectivity index is 2.69. The molecule has 0 aliphatic carbocycles. The van der Waals surface area contributed by atoms with Crippen LogP contribution in [-0.2, 0) is 0 Å². The summed E-state index contributed by atoms with van der Waals surface area (Å²) in [7, 11) is 0. The third-order valence-electron chi connectivity index (χ3n) is 1.46. The number of thioether (sulfide) groups is 1. The molecule has 0 aromatic heterocycles. The Labute approximate surface area is 64.1 Å². The molecule has 1 aliphatic heterocycles. The van der Waals surface area contributed by atoms with Crippen LogP contribution in [0.25, 0.3) is 0 Å². The largest absolute Gasteiger partial charge is 0.398 e. The maximum Gasteiger partial charge on any atom is 0.398 e. The molecule has 3 unspecified atom stereocenters. The van der Waals surface area contributed by atoms with E-state index in [9.17, 15) is 22.0 Å². The van der Waals surface area contributed by atoms with Crippen LogP contribution in [0.5, 0.6) is 0 Å². The van der Waals surface area contributed by atoms with Crippen molar-refractivity contribution in [1.82, 2.24) is 0 Å². The van der Waals surface area contributed by atoms with Gasteiger partial charge in [-0.15, -0.1) is 11.8 Å². The Morgan fingerprint density at radius 3 is 1.91 bits per heavy atom. The lowest BCUT2D eigenvalue weighted by Crippen LogP contribution is -2.33. The number of halogens is 5. The van der Waals surface area contributed by atoms with Crippen LogP contribution in [-0.4, -0.2) is 23.6 Å². The zero-order valence-electron chi connectivity index (χ0n) is 5.24.